The first-order valence-corrected chi connectivity index (χ1v) is 7.28. The molecule has 0 aromatic carbocycles. The van der Waals surface area contributed by atoms with Crippen molar-refractivity contribution in [3.63, 3.8) is 0 Å². The van der Waals surface area contributed by atoms with E-state index in [0.717, 1.165) is 18.4 Å². The van der Waals surface area contributed by atoms with Gasteiger partial charge in [-0.05, 0) is 25.8 Å². The molecular formula is C11H17NO3S. The Morgan fingerprint density at radius 3 is 3.00 bits per heavy atom. The zero-order valence-corrected chi connectivity index (χ0v) is 10.2. The van der Waals surface area contributed by atoms with Crippen LogP contribution in [0.5, 0.6) is 0 Å². The van der Waals surface area contributed by atoms with Gasteiger partial charge in [-0.3, -0.25) is 0 Å². The van der Waals surface area contributed by atoms with Gasteiger partial charge in [-0.25, -0.2) is 8.42 Å². The fourth-order valence-corrected chi connectivity index (χ4v) is 3.81. The average Bonchev–Trinajstić information content (AvgIpc) is 2.83. The van der Waals surface area contributed by atoms with Crippen LogP contribution in [0.3, 0.4) is 0 Å². The molecule has 2 atom stereocenters. The van der Waals surface area contributed by atoms with Crippen LogP contribution in [0.1, 0.15) is 31.4 Å². The van der Waals surface area contributed by atoms with Crippen molar-refractivity contribution in [1.82, 2.24) is 5.32 Å². The van der Waals surface area contributed by atoms with E-state index in [1.165, 1.54) is 0 Å². The highest BCUT2D eigenvalue weighted by atomic mass is 32.2. The number of sulfone groups is 1. The van der Waals surface area contributed by atoms with Crippen molar-refractivity contribution >= 4 is 9.84 Å². The predicted molar refractivity (Wildman–Crippen MR) is 61.9 cm³/mol. The van der Waals surface area contributed by atoms with Crippen molar-refractivity contribution in [3.05, 3.63) is 24.2 Å². The molecule has 0 bridgehead atoms. The summed E-state index contributed by atoms with van der Waals surface area (Å²) < 4.78 is 28.2. The normalized spacial score (nSPS) is 25.7. The number of furan rings is 1. The fourth-order valence-electron chi connectivity index (χ4n) is 2.03. The van der Waals surface area contributed by atoms with Gasteiger partial charge in [-0.2, -0.15) is 0 Å². The number of hydrogen-bond donors (Lipinski definition) is 1. The van der Waals surface area contributed by atoms with Crippen LogP contribution in [0.2, 0.25) is 0 Å². The maximum absolute atomic E-state index is 11.6. The number of rotatable bonds is 4. The molecule has 1 N–H and O–H groups in total. The highest BCUT2D eigenvalue weighted by Crippen LogP contribution is 2.20. The van der Waals surface area contributed by atoms with Gasteiger partial charge in [-0.15, -0.1) is 0 Å². The topological polar surface area (TPSA) is 59.3 Å². The average molecular weight is 243 g/mol. The molecular weight excluding hydrogens is 226 g/mol. The van der Waals surface area contributed by atoms with Crippen LogP contribution in [0, 0.1) is 0 Å². The first-order chi connectivity index (χ1) is 7.59. The monoisotopic (exact) mass is 243 g/mol. The molecule has 1 fully saturated rings. The first-order valence-electron chi connectivity index (χ1n) is 5.56. The van der Waals surface area contributed by atoms with Crippen LogP contribution in [0.25, 0.3) is 0 Å². The number of nitrogens with one attached hydrogen (secondary N) is 1. The molecule has 0 radical (unpaired) electrons. The largest absolute Gasteiger partial charge is 0.472 e. The maximum atomic E-state index is 11.6. The highest BCUT2D eigenvalue weighted by molar-refractivity contribution is 7.92. The standard InChI is InChI=1S/C11H17NO3S/c1-9(10-4-5-15-8-10)12-7-11-3-2-6-16(11,13)14/h4-5,8-9,11-12H,2-3,6-7H2,1H3. The summed E-state index contributed by atoms with van der Waals surface area (Å²) in [6.45, 7) is 2.54. The quantitative estimate of drug-likeness (QED) is 0.870. The van der Waals surface area contributed by atoms with E-state index < -0.39 is 9.84 Å². The lowest BCUT2D eigenvalue weighted by Gasteiger charge is -2.15. The lowest BCUT2D eigenvalue weighted by atomic mass is 10.1. The van der Waals surface area contributed by atoms with E-state index in [2.05, 4.69) is 5.32 Å². The van der Waals surface area contributed by atoms with Crippen molar-refractivity contribution in [3.8, 4) is 0 Å². The summed E-state index contributed by atoms with van der Waals surface area (Å²) in [5, 5.41) is 3.04. The molecule has 1 aromatic heterocycles. The third-order valence-electron chi connectivity index (χ3n) is 3.16. The first kappa shape index (κ1) is 11.7. The van der Waals surface area contributed by atoms with Crippen LogP contribution in [-0.4, -0.2) is 26.0 Å². The maximum Gasteiger partial charge on any atom is 0.154 e. The molecule has 1 aliphatic rings. The third kappa shape index (κ3) is 2.47. The molecule has 1 aromatic rings. The Kier molecular flexibility index (Phi) is 3.35. The Balaban J connectivity index is 1.88. The lowest BCUT2D eigenvalue weighted by molar-refractivity contribution is 0.524. The van der Waals surface area contributed by atoms with Gasteiger partial charge in [0.25, 0.3) is 0 Å². The second-order valence-corrected chi connectivity index (χ2v) is 6.72. The van der Waals surface area contributed by atoms with Gasteiger partial charge in [0.2, 0.25) is 0 Å². The Labute approximate surface area is 95.9 Å². The third-order valence-corrected chi connectivity index (χ3v) is 5.43. The summed E-state index contributed by atoms with van der Waals surface area (Å²) in [4.78, 5) is 0. The SMILES string of the molecule is CC(NCC1CCCS1(=O)=O)c1ccoc1. The molecule has 2 unspecified atom stereocenters. The Morgan fingerprint density at radius 2 is 2.44 bits per heavy atom. The van der Waals surface area contributed by atoms with Crippen molar-refractivity contribution < 1.29 is 12.8 Å². The van der Waals surface area contributed by atoms with Crippen LogP contribution in [-0.2, 0) is 9.84 Å². The molecule has 0 spiro atoms. The zero-order chi connectivity index (χ0) is 11.6. The van der Waals surface area contributed by atoms with Crippen LogP contribution >= 0.6 is 0 Å². The Hall–Kier alpha value is -0.810. The summed E-state index contributed by atoms with van der Waals surface area (Å²) in [7, 11) is -2.84. The van der Waals surface area contributed by atoms with Gasteiger partial charge in [-0.1, -0.05) is 0 Å². The Bertz CT molecular complexity index is 424. The van der Waals surface area contributed by atoms with Crippen molar-refractivity contribution in [2.75, 3.05) is 12.3 Å². The molecule has 1 saturated heterocycles. The molecule has 0 saturated carbocycles. The molecule has 0 amide bonds. The summed E-state index contributed by atoms with van der Waals surface area (Å²) in [5.41, 5.74) is 1.05. The summed E-state index contributed by atoms with van der Waals surface area (Å²) in [6, 6.07) is 2.02. The fraction of sp³-hybridized carbons (Fsp3) is 0.636. The molecule has 2 heterocycles. The summed E-state index contributed by atoms with van der Waals surface area (Å²) >= 11 is 0. The van der Waals surface area contributed by atoms with Gasteiger partial charge in [0.15, 0.2) is 9.84 Å². The van der Waals surface area contributed by atoms with E-state index in [1.54, 1.807) is 12.5 Å². The highest BCUT2D eigenvalue weighted by Gasteiger charge is 2.31. The molecule has 4 nitrogen and oxygen atoms in total. The summed E-state index contributed by atoms with van der Waals surface area (Å²) in [5.74, 6) is 0.347. The number of hydrogen-bond acceptors (Lipinski definition) is 4. The minimum atomic E-state index is -2.84. The van der Waals surface area contributed by atoms with E-state index in [1.807, 2.05) is 13.0 Å². The smallest absolute Gasteiger partial charge is 0.154 e. The molecule has 5 heteroatoms. The predicted octanol–water partition coefficient (Wildman–Crippen LogP) is 1.51. The minimum Gasteiger partial charge on any atom is -0.472 e. The second-order valence-electron chi connectivity index (χ2n) is 4.32. The molecule has 16 heavy (non-hydrogen) atoms. The van der Waals surface area contributed by atoms with Crippen molar-refractivity contribution in [1.29, 1.82) is 0 Å². The Morgan fingerprint density at radius 1 is 1.62 bits per heavy atom. The van der Waals surface area contributed by atoms with Crippen molar-refractivity contribution in [2.24, 2.45) is 0 Å². The van der Waals surface area contributed by atoms with Crippen molar-refractivity contribution in [2.45, 2.75) is 31.1 Å². The van der Waals surface area contributed by atoms with Gasteiger partial charge in [0.05, 0.1) is 23.5 Å². The van der Waals surface area contributed by atoms with Gasteiger partial charge in [0, 0.05) is 18.2 Å². The molecule has 1 aliphatic heterocycles. The van der Waals surface area contributed by atoms with E-state index >= 15 is 0 Å². The van der Waals surface area contributed by atoms with Crippen LogP contribution in [0.4, 0.5) is 0 Å². The molecule has 0 aliphatic carbocycles. The minimum absolute atomic E-state index is 0.134. The van der Waals surface area contributed by atoms with E-state index in [4.69, 9.17) is 4.42 Å². The van der Waals surface area contributed by atoms with Crippen LogP contribution < -0.4 is 5.32 Å². The van der Waals surface area contributed by atoms with Crippen LogP contribution in [0.15, 0.2) is 23.0 Å². The lowest BCUT2D eigenvalue weighted by Crippen LogP contribution is -2.32. The van der Waals surface area contributed by atoms with Gasteiger partial charge in [0.1, 0.15) is 0 Å². The molecule has 2 rings (SSSR count). The van der Waals surface area contributed by atoms with Gasteiger partial charge >= 0.3 is 0 Å². The van der Waals surface area contributed by atoms with Gasteiger partial charge < -0.3 is 9.73 Å². The summed E-state index contributed by atoms with van der Waals surface area (Å²) in [6.07, 6.45) is 4.89. The molecule has 90 valence electrons. The van der Waals surface area contributed by atoms with E-state index in [0.29, 0.717) is 12.3 Å². The van der Waals surface area contributed by atoms with E-state index in [9.17, 15) is 8.42 Å². The zero-order valence-electron chi connectivity index (χ0n) is 9.35. The van der Waals surface area contributed by atoms with E-state index in [-0.39, 0.29) is 11.3 Å². The second kappa shape index (κ2) is 4.59.